The van der Waals surface area contributed by atoms with Gasteiger partial charge < -0.3 is 10.2 Å². The summed E-state index contributed by atoms with van der Waals surface area (Å²) in [6.07, 6.45) is 37.4. The Morgan fingerprint density at radius 2 is 0.588 bits per heavy atom. The number of quaternary nitrogens is 1. The van der Waals surface area contributed by atoms with Gasteiger partial charge in [-0.3, -0.25) is 0 Å². The van der Waals surface area contributed by atoms with Crippen LogP contribution in [0, 0.1) is 0 Å². The topological polar surface area (TPSA) is 26.0 Å². The summed E-state index contributed by atoms with van der Waals surface area (Å²) in [6, 6.07) is 0. The molecule has 0 unspecified atom stereocenters. The summed E-state index contributed by atoms with van der Waals surface area (Å²) in [7, 11) is 4.91. The minimum absolute atomic E-state index is 0.872. The fraction of sp³-hybridized carbons (Fsp3) is 1.00. The molecule has 0 fully saturated rings. The largest absolute Gasteiger partial charge is 0.330 e. The lowest BCUT2D eigenvalue weighted by atomic mass is 10.0. The molecule has 0 atom stereocenters. The maximum absolute atomic E-state index is 5.54. The number of rotatable bonds is 29. The molecule has 2 N–H and O–H groups in total. The molecule has 206 valence electrons. The van der Waals surface area contributed by atoms with E-state index in [1.165, 1.54) is 185 Å². The zero-order valence-corrected chi connectivity index (χ0v) is 24.5. The second-order valence-corrected chi connectivity index (χ2v) is 12.0. The lowest BCUT2D eigenvalue weighted by Gasteiger charge is -2.30. The van der Waals surface area contributed by atoms with Crippen LogP contribution in [-0.4, -0.2) is 38.2 Å². The molecule has 0 aliphatic heterocycles. The molecular weight excluding hydrogens is 412 g/mol. The first-order chi connectivity index (χ1) is 16.6. The van der Waals surface area contributed by atoms with E-state index in [-0.39, 0.29) is 0 Å². The molecule has 0 saturated heterocycles. The highest BCUT2D eigenvalue weighted by Crippen LogP contribution is 2.15. The van der Waals surface area contributed by atoms with Gasteiger partial charge in [0.1, 0.15) is 0 Å². The molecule has 0 spiro atoms. The Morgan fingerprint density at radius 1 is 0.353 bits per heavy atom. The number of nitrogens with zero attached hydrogens (tertiary/aromatic N) is 1. The van der Waals surface area contributed by atoms with Crippen molar-refractivity contribution in [1.82, 2.24) is 0 Å². The Morgan fingerprint density at radius 3 is 0.853 bits per heavy atom. The van der Waals surface area contributed by atoms with Gasteiger partial charge in [-0.2, -0.15) is 0 Å². The molecular formula is C32H69N2+. The monoisotopic (exact) mass is 482 g/mol. The van der Waals surface area contributed by atoms with E-state index in [0.29, 0.717) is 0 Å². The van der Waals surface area contributed by atoms with Crippen LogP contribution < -0.4 is 5.73 Å². The summed E-state index contributed by atoms with van der Waals surface area (Å²) < 4.78 is 1.24. The first kappa shape index (κ1) is 33.9. The molecule has 0 radical (unpaired) electrons. The predicted molar refractivity (Wildman–Crippen MR) is 157 cm³/mol. The van der Waals surface area contributed by atoms with Gasteiger partial charge in [0.05, 0.1) is 27.2 Å². The SMILES string of the molecule is CCCCCCCCCCCC[N+](C)(C)CCCCCCCCCCCCCCCCCCN. The van der Waals surface area contributed by atoms with Crippen molar-refractivity contribution in [2.45, 2.75) is 174 Å². The lowest BCUT2D eigenvalue weighted by Crippen LogP contribution is -2.41. The van der Waals surface area contributed by atoms with Crippen molar-refractivity contribution in [3.63, 3.8) is 0 Å². The van der Waals surface area contributed by atoms with Gasteiger partial charge in [-0.15, -0.1) is 0 Å². The van der Waals surface area contributed by atoms with Crippen LogP contribution in [0.2, 0.25) is 0 Å². The van der Waals surface area contributed by atoms with Crippen LogP contribution >= 0.6 is 0 Å². The van der Waals surface area contributed by atoms with Crippen LogP contribution in [-0.2, 0) is 0 Å². The Labute approximate surface area is 217 Å². The van der Waals surface area contributed by atoms with E-state index >= 15 is 0 Å². The Bertz CT molecular complexity index is 366. The fourth-order valence-electron chi connectivity index (χ4n) is 5.30. The maximum atomic E-state index is 5.54. The molecule has 0 aromatic rings. The van der Waals surface area contributed by atoms with Crippen molar-refractivity contribution in [2.24, 2.45) is 5.73 Å². The standard InChI is InChI=1S/C32H69N2/c1-4-5-6-7-8-9-19-22-25-28-31-34(2,3)32-29-26-23-20-17-15-13-11-10-12-14-16-18-21-24-27-30-33/h4-33H2,1-3H3/q+1. The van der Waals surface area contributed by atoms with E-state index in [1.54, 1.807) is 0 Å². The van der Waals surface area contributed by atoms with Gasteiger partial charge in [-0.05, 0) is 38.6 Å². The minimum Gasteiger partial charge on any atom is -0.330 e. The zero-order valence-electron chi connectivity index (χ0n) is 24.5. The average Bonchev–Trinajstić information content (AvgIpc) is 2.82. The summed E-state index contributed by atoms with van der Waals surface area (Å²) in [5.41, 5.74) is 5.54. The highest BCUT2D eigenvalue weighted by atomic mass is 15.3. The average molecular weight is 482 g/mol. The molecule has 2 heteroatoms. The summed E-state index contributed by atoms with van der Waals surface area (Å²) in [6.45, 7) is 5.94. The van der Waals surface area contributed by atoms with Crippen molar-refractivity contribution < 1.29 is 4.48 Å². The molecule has 0 aromatic heterocycles. The van der Waals surface area contributed by atoms with Crippen molar-refractivity contribution in [3.8, 4) is 0 Å². The van der Waals surface area contributed by atoms with Crippen LogP contribution in [0.4, 0.5) is 0 Å². The molecule has 0 aromatic carbocycles. The van der Waals surface area contributed by atoms with E-state index in [2.05, 4.69) is 21.0 Å². The normalized spacial score (nSPS) is 12.0. The molecule has 0 aliphatic carbocycles. The molecule has 0 amide bonds. The van der Waals surface area contributed by atoms with Gasteiger partial charge in [0.25, 0.3) is 0 Å². The van der Waals surface area contributed by atoms with Crippen LogP contribution in [0.3, 0.4) is 0 Å². The highest BCUT2D eigenvalue weighted by Gasteiger charge is 2.13. The van der Waals surface area contributed by atoms with Crippen LogP contribution in [0.5, 0.6) is 0 Å². The van der Waals surface area contributed by atoms with Gasteiger partial charge in [0, 0.05) is 0 Å². The summed E-state index contributed by atoms with van der Waals surface area (Å²) >= 11 is 0. The van der Waals surface area contributed by atoms with Gasteiger partial charge in [0.2, 0.25) is 0 Å². The number of nitrogens with two attached hydrogens (primary N) is 1. The van der Waals surface area contributed by atoms with Gasteiger partial charge in [-0.1, -0.05) is 142 Å². The van der Waals surface area contributed by atoms with Crippen molar-refractivity contribution in [3.05, 3.63) is 0 Å². The molecule has 0 rings (SSSR count). The summed E-state index contributed by atoms with van der Waals surface area (Å²) in [5, 5.41) is 0. The van der Waals surface area contributed by atoms with Crippen LogP contribution in [0.15, 0.2) is 0 Å². The second-order valence-electron chi connectivity index (χ2n) is 12.0. The number of hydrogen-bond acceptors (Lipinski definition) is 1. The third-order valence-electron chi connectivity index (χ3n) is 7.83. The second kappa shape index (κ2) is 27.5. The Kier molecular flexibility index (Phi) is 27.4. The van der Waals surface area contributed by atoms with Gasteiger partial charge >= 0.3 is 0 Å². The third-order valence-corrected chi connectivity index (χ3v) is 7.83. The highest BCUT2D eigenvalue weighted by molar-refractivity contribution is 4.51. The molecule has 2 nitrogen and oxygen atoms in total. The van der Waals surface area contributed by atoms with Crippen LogP contribution in [0.25, 0.3) is 0 Å². The van der Waals surface area contributed by atoms with Crippen molar-refractivity contribution >= 4 is 0 Å². The summed E-state index contributed by atoms with van der Waals surface area (Å²) in [5.74, 6) is 0. The smallest absolute Gasteiger partial charge is 0.0782 e. The van der Waals surface area contributed by atoms with Gasteiger partial charge in [-0.25, -0.2) is 0 Å². The predicted octanol–water partition coefficient (Wildman–Crippen LogP) is 10.2. The Hall–Kier alpha value is -0.0800. The number of unbranched alkanes of at least 4 members (excludes halogenated alkanes) is 24. The Balaban J connectivity index is 3.26. The molecule has 34 heavy (non-hydrogen) atoms. The summed E-state index contributed by atoms with van der Waals surface area (Å²) in [4.78, 5) is 0. The minimum atomic E-state index is 0.872. The van der Waals surface area contributed by atoms with E-state index in [4.69, 9.17) is 5.73 Å². The van der Waals surface area contributed by atoms with E-state index < -0.39 is 0 Å². The number of hydrogen-bond donors (Lipinski definition) is 1. The van der Waals surface area contributed by atoms with Crippen molar-refractivity contribution in [1.29, 1.82) is 0 Å². The van der Waals surface area contributed by atoms with Crippen LogP contribution in [0.1, 0.15) is 174 Å². The molecule has 0 aliphatic rings. The van der Waals surface area contributed by atoms with E-state index in [9.17, 15) is 0 Å². The maximum Gasteiger partial charge on any atom is 0.0782 e. The molecule has 0 saturated carbocycles. The van der Waals surface area contributed by atoms with E-state index in [1.807, 2.05) is 0 Å². The first-order valence-corrected chi connectivity index (χ1v) is 16.1. The van der Waals surface area contributed by atoms with Gasteiger partial charge in [0.15, 0.2) is 0 Å². The zero-order chi connectivity index (χ0) is 25.0. The van der Waals surface area contributed by atoms with Crippen molar-refractivity contribution in [2.75, 3.05) is 33.7 Å². The fourth-order valence-corrected chi connectivity index (χ4v) is 5.30. The quantitative estimate of drug-likeness (QED) is 0.0834. The molecule has 0 heterocycles. The molecule has 0 bridgehead atoms. The van der Waals surface area contributed by atoms with E-state index in [0.717, 1.165) is 6.54 Å². The third kappa shape index (κ3) is 28.2. The lowest BCUT2D eigenvalue weighted by molar-refractivity contribution is -0.890. The first-order valence-electron chi connectivity index (χ1n) is 16.1.